The molecule has 0 spiro atoms. The van der Waals surface area contributed by atoms with Crippen molar-refractivity contribution in [1.29, 1.82) is 4.78 Å². The van der Waals surface area contributed by atoms with Crippen LogP contribution < -0.4 is 9.62 Å². The molecule has 3 aromatic carbocycles. The summed E-state index contributed by atoms with van der Waals surface area (Å²) in [6, 6.07) is 21.1. The number of halogens is 2. The van der Waals surface area contributed by atoms with Crippen LogP contribution in [0.4, 0.5) is 11.4 Å². The van der Waals surface area contributed by atoms with E-state index in [2.05, 4.69) is 40.0 Å². The van der Waals surface area contributed by atoms with Gasteiger partial charge in [0.15, 0.2) is 0 Å². The number of hydrogen-bond donors (Lipinski definition) is 2. The molecule has 0 radical (unpaired) electrons. The highest BCUT2D eigenvalue weighted by molar-refractivity contribution is 7.90. The van der Waals surface area contributed by atoms with Crippen LogP contribution in [0.15, 0.2) is 71.6 Å². The minimum atomic E-state index is -3.06. The van der Waals surface area contributed by atoms with Crippen molar-refractivity contribution in [3.05, 3.63) is 87.9 Å². The Labute approximate surface area is 187 Å². The number of rotatable bonds is 6. The first-order chi connectivity index (χ1) is 14.4. The van der Waals surface area contributed by atoms with Gasteiger partial charge >= 0.3 is 0 Å². The van der Waals surface area contributed by atoms with Crippen LogP contribution in [0.3, 0.4) is 0 Å². The van der Waals surface area contributed by atoms with Crippen molar-refractivity contribution in [2.24, 2.45) is 0 Å². The number of nitrogens with zero attached hydrogens (tertiary/aromatic N) is 1. The molecule has 0 saturated carbocycles. The summed E-state index contributed by atoms with van der Waals surface area (Å²) in [5, 5.41) is 1.28. The number of benzene rings is 3. The van der Waals surface area contributed by atoms with Crippen molar-refractivity contribution in [3.8, 4) is 0 Å². The first-order valence-corrected chi connectivity index (χ1v) is 12.2. The maximum Gasteiger partial charge on any atom is 0.134 e. The lowest BCUT2D eigenvalue weighted by molar-refractivity contribution is 0.657. The van der Waals surface area contributed by atoms with E-state index in [4.69, 9.17) is 28.0 Å². The van der Waals surface area contributed by atoms with Gasteiger partial charge in [-0.3, -0.25) is 0 Å². The third-order valence-electron chi connectivity index (χ3n) is 5.29. The van der Waals surface area contributed by atoms with Crippen LogP contribution in [0, 0.1) is 4.78 Å². The lowest BCUT2D eigenvalue weighted by atomic mass is 10.0. The van der Waals surface area contributed by atoms with Crippen LogP contribution in [0.5, 0.6) is 0 Å². The molecule has 30 heavy (non-hydrogen) atoms. The quantitative estimate of drug-likeness (QED) is 0.429. The van der Waals surface area contributed by atoms with E-state index >= 15 is 0 Å². The second-order valence-corrected chi connectivity index (χ2v) is 10.1. The van der Waals surface area contributed by atoms with Crippen molar-refractivity contribution >= 4 is 44.5 Å². The summed E-state index contributed by atoms with van der Waals surface area (Å²) >= 11 is 12.2. The van der Waals surface area contributed by atoms with Gasteiger partial charge in [0.2, 0.25) is 0 Å². The Kier molecular flexibility index (Phi) is 6.34. The smallest absolute Gasteiger partial charge is 0.134 e. The zero-order valence-corrected chi connectivity index (χ0v) is 18.7. The van der Waals surface area contributed by atoms with E-state index in [-0.39, 0.29) is 0 Å². The topological polar surface area (TPSA) is 56.2 Å². The minimum absolute atomic E-state index is 0.434. The van der Waals surface area contributed by atoms with Gasteiger partial charge < -0.3 is 4.90 Å². The molecule has 7 heteroatoms. The standard InChI is InChI=1S/C23H23Cl2N3OS/c24-19-10-12-21(13-11-19)30(26,29)27-14-3-15-28-22-5-2-1-4-17(22)6-7-18-8-9-20(25)16-23(18)28/h1-2,4-5,8-13,16H,3,6-7,14-15H2,(H2,26,27,29). The third kappa shape index (κ3) is 4.65. The molecule has 1 atom stereocenters. The molecular formula is C23H23Cl2N3OS. The van der Waals surface area contributed by atoms with Crippen LogP contribution >= 0.6 is 23.2 Å². The molecule has 1 aliphatic rings. The molecule has 0 saturated heterocycles. The zero-order chi connectivity index (χ0) is 21.1. The fraction of sp³-hybridized carbons (Fsp3) is 0.217. The average molecular weight is 460 g/mol. The van der Waals surface area contributed by atoms with E-state index < -0.39 is 9.92 Å². The van der Waals surface area contributed by atoms with E-state index in [0.29, 0.717) is 21.5 Å². The molecule has 156 valence electrons. The molecule has 0 amide bonds. The van der Waals surface area contributed by atoms with Gasteiger partial charge in [-0.15, -0.1) is 0 Å². The number of nitrogens with one attached hydrogen (secondary N) is 2. The Balaban J connectivity index is 1.50. The molecule has 0 aliphatic carbocycles. The summed E-state index contributed by atoms with van der Waals surface area (Å²) in [5.41, 5.74) is 4.89. The molecule has 0 aromatic heterocycles. The highest BCUT2D eigenvalue weighted by atomic mass is 35.5. The molecular weight excluding hydrogens is 437 g/mol. The Morgan fingerprint density at radius 2 is 1.57 bits per heavy atom. The SMILES string of the molecule is N=S(=O)(NCCCN1c2ccccc2CCc2ccc(Cl)cc21)c1ccc(Cl)cc1. The number of para-hydroxylation sites is 1. The van der Waals surface area contributed by atoms with Crippen molar-refractivity contribution in [1.82, 2.24) is 4.72 Å². The van der Waals surface area contributed by atoms with Crippen LogP contribution in [-0.4, -0.2) is 17.3 Å². The van der Waals surface area contributed by atoms with E-state index in [1.165, 1.54) is 16.8 Å². The van der Waals surface area contributed by atoms with Gasteiger partial charge in [0.05, 0.1) is 4.90 Å². The van der Waals surface area contributed by atoms with Crippen LogP contribution in [-0.2, 0) is 22.8 Å². The monoisotopic (exact) mass is 459 g/mol. The van der Waals surface area contributed by atoms with Crippen molar-refractivity contribution in [3.63, 3.8) is 0 Å². The van der Waals surface area contributed by atoms with Crippen molar-refractivity contribution in [2.75, 3.05) is 18.0 Å². The number of aryl methyl sites for hydroxylation is 2. The van der Waals surface area contributed by atoms with Crippen LogP contribution in [0.25, 0.3) is 0 Å². The van der Waals surface area contributed by atoms with Crippen LogP contribution in [0.1, 0.15) is 17.5 Å². The van der Waals surface area contributed by atoms with E-state index in [1.807, 2.05) is 12.1 Å². The van der Waals surface area contributed by atoms with Crippen LogP contribution in [0.2, 0.25) is 10.0 Å². The summed E-state index contributed by atoms with van der Waals surface area (Å²) in [6.45, 7) is 1.19. The minimum Gasteiger partial charge on any atom is -0.341 e. The van der Waals surface area contributed by atoms with Gasteiger partial charge in [0, 0.05) is 34.5 Å². The highest BCUT2D eigenvalue weighted by Crippen LogP contribution is 2.37. The Hall–Kier alpha value is -2.05. The normalized spacial score (nSPS) is 15.1. The maximum absolute atomic E-state index is 12.7. The van der Waals surface area contributed by atoms with Crippen molar-refractivity contribution in [2.45, 2.75) is 24.2 Å². The molecule has 1 aliphatic heterocycles. The third-order valence-corrected chi connectivity index (χ3v) is 7.33. The van der Waals surface area contributed by atoms with E-state index in [1.54, 1.807) is 24.3 Å². The molecule has 0 fully saturated rings. The van der Waals surface area contributed by atoms with Gasteiger partial charge in [-0.25, -0.2) is 13.7 Å². The molecule has 1 heterocycles. The van der Waals surface area contributed by atoms with Gasteiger partial charge in [-0.2, -0.15) is 0 Å². The number of fused-ring (bicyclic) bond motifs is 2. The first-order valence-electron chi connectivity index (χ1n) is 9.87. The molecule has 4 nitrogen and oxygen atoms in total. The maximum atomic E-state index is 12.7. The van der Waals surface area contributed by atoms with Gasteiger partial charge in [0.1, 0.15) is 9.92 Å². The van der Waals surface area contributed by atoms with Gasteiger partial charge in [-0.05, 0) is 72.9 Å². The average Bonchev–Trinajstić information content (AvgIpc) is 2.88. The lowest BCUT2D eigenvalue weighted by Crippen LogP contribution is -2.27. The second-order valence-electron chi connectivity index (χ2n) is 7.31. The Morgan fingerprint density at radius 3 is 2.33 bits per heavy atom. The van der Waals surface area contributed by atoms with Gasteiger partial charge in [0.25, 0.3) is 0 Å². The summed E-state index contributed by atoms with van der Waals surface area (Å²) in [4.78, 5) is 2.73. The van der Waals surface area contributed by atoms with Crippen molar-refractivity contribution < 1.29 is 4.21 Å². The fourth-order valence-corrected chi connectivity index (χ4v) is 5.20. The largest absolute Gasteiger partial charge is 0.341 e. The van der Waals surface area contributed by atoms with E-state index in [9.17, 15) is 4.21 Å². The predicted molar refractivity (Wildman–Crippen MR) is 126 cm³/mol. The summed E-state index contributed by atoms with van der Waals surface area (Å²) in [7, 11) is -3.06. The summed E-state index contributed by atoms with van der Waals surface area (Å²) < 4.78 is 23.8. The molecule has 4 rings (SSSR count). The second kappa shape index (κ2) is 8.98. The van der Waals surface area contributed by atoms with E-state index in [0.717, 1.165) is 31.5 Å². The predicted octanol–water partition coefficient (Wildman–Crippen LogP) is 6.23. The summed E-state index contributed by atoms with van der Waals surface area (Å²) in [6.07, 6.45) is 2.68. The molecule has 3 aromatic rings. The molecule has 1 unspecified atom stereocenters. The Morgan fingerprint density at radius 1 is 0.900 bits per heavy atom. The molecule has 0 bridgehead atoms. The Bertz CT molecular complexity index is 1150. The highest BCUT2D eigenvalue weighted by Gasteiger charge is 2.20. The number of hydrogen-bond acceptors (Lipinski definition) is 3. The lowest BCUT2D eigenvalue weighted by Gasteiger charge is -2.27. The first kappa shape index (κ1) is 21.2. The fourth-order valence-electron chi connectivity index (χ4n) is 3.79. The summed E-state index contributed by atoms with van der Waals surface area (Å²) in [5.74, 6) is 0. The van der Waals surface area contributed by atoms with Gasteiger partial charge in [-0.1, -0.05) is 47.5 Å². The number of anilines is 2. The molecule has 2 N–H and O–H groups in total. The zero-order valence-electron chi connectivity index (χ0n) is 16.4.